The van der Waals surface area contributed by atoms with Crippen molar-refractivity contribution < 1.29 is 18.0 Å². The van der Waals surface area contributed by atoms with Gasteiger partial charge in [-0.1, -0.05) is 74.2 Å². The highest BCUT2D eigenvalue weighted by atomic mass is 35.5. The summed E-state index contributed by atoms with van der Waals surface area (Å²) in [6.07, 6.45) is 11.0. The number of carbonyl (C=O) groups is 2. The van der Waals surface area contributed by atoms with Crippen LogP contribution in [0.3, 0.4) is 0 Å². The van der Waals surface area contributed by atoms with E-state index < -0.39 is 16.1 Å². The Morgan fingerprint density at radius 2 is 1.57 bits per heavy atom. The van der Waals surface area contributed by atoms with Crippen molar-refractivity contribution in [3.05, 3.63) is 71.5 Å². The first-order chi connectivity index (χ1) is 21.1. The van der Waals surface area contributed by atoms with Crippen molar-refractivity contribution in [2.45, 2.75) is 57.5 Å². The third-order valence-electron chi connectivity index (χ3n) is 9.24. The molecule has 1 N–H and O–H groups in total. The number of aromatic nitrogens is 1. The maximum absolute atomic E-state index is 14.0. The number of piperazine rings is 1. The molecule has 5 rings (SSSR count). The molecule has 1 saturated heterocycles. The number of hydrogen-bond acceptors (Lipinski definition) is 5. The maximum atomic E-state index is 14.0. The molecule has 1 unspecified atom stereocenters. The lowest BCUT2D eigenvalue weighted by Crippen LogP contribution is -2.59. The molecule has 0 spiro atoms. The van der Waals surface area contributed by atoms with Crippen LogP contribution in [0, 0.1) is 5.92 Å². The Labute approximate surface area is 266 Å². The number of sulfonamides is 1. The standard InChI is InChI=1S/C33H44ClN5O4S/c1-3-39(44(2,42)43)24-31(26-9-5-4-6-10-26)36-17-19-37(20-18-36)32(40)30(21-25-13-15-29(34)16-14-25)35-33(41)38-22-27-11-7-8-12-28(27)23-38/h7-8,11-16,22-23,26,30-31H,3-6,9-10,17-21,24H2,1-2H3,(H,35,41)/t30-,31?/m1/s1. The van der Waals surface area contributed by atoms with Crippen molar-refractivity contribution in [2.75, 3.05) is 45.5 Å². The van der Waals surface area contributed by atoms with E-state index in [1.54, 1.807) is 28.8 Å². The van der Waals surface area contributed by atoms with E-state index in [2.05, 4.69) is 10.2 Å². The second-order valence-corrected chi connectivity index (χ2v) is 14.6. The van der Waals surface area contributed by atoms with Gasteiger partial charge in [-0.2, -0.15) is 0 Å². The van der Waals surface area contributed by atoms with Crippen LogP contribution in [0.5, 0.6) is 0 Å². The third kappa shape index (κ3) is 8.02. The van der Waals surface area contributed by atoms with Crippen molar-refractivity contribution in [3.63, 3.8) is 0 Å². The van der Waals surface area contributed by atoms with Gasteiger partial charge >= 0.3 is 6.03 Å². The van der Waals surface area contributed by atoms with Crippen LogP contribution in [0.4, 0.5) is 4.79 Å². The lowest BCUT2D eigenvalue weighted by molar-refractivity contribution is -0.135. The zero-order chi connectivity index (χ0) is 31.3. The molecule has 1 aliphatic heterocycles. The van der Waals surface area contributed by atoms with Crippen molar-refractivity contribution in [2.24, 2.45) is 5.92 Å². The SMILES string of the molecule is CCN(CC(C1CCCCC1)N1CCN(C(=O)[C@@H](Cc2ccc(Cl)cc2)NC(=O)n2cc3ccccc3c2)CC1)S(C)(=O)=O. The third-order valence-corrected chi connectivity index (χ3v) is 10.8. The zero-order valence-corrected chi connectivity index (χ0v) is 27.3. The molecule has 0 radical (unpaired) electrons. The van der Waals surface area contributed by atoms with E-state index in [0.717, 1.165) is 29.2 Å². The topological polar surface area (TPSA) is 95.0 Å². The summed E-state index contributed by atoms with van der Waals surface area (Å²) in [5.74, 6) is 0.320. The Kier molecular flexibility index (Phi) is 10.7. The summed E-state index contributed by atoms with van der Waals surface area (Å²) < 4.78 is 28.1. The number of carbonyl (C=O) groups excluding carboxylic acids is 2. The molecule has 0 bridgehead atoms. The summed E-state index contributed by atoms with van der Waals surface area (Å²) in [6.45, 7) is 5.19. The number of amides is 2. The van der Waals surface area contributed by atoms with Gasteiger partial charge in [-0.05, 0) is 47.2 Å². The monoisotopic (exact) mass is 641 g/mol. The summed E-state index contributed by atoms with van der Waals surface area (Å²) in [7, 11) is -3.31. The van der Waals surface area contributed by atoms with Crippen LogP contribution in [-0.2, 0) is 21.2 Å². The molecular weight excluding hydrogens is 598 g/mol. The predicted molar refractivity (Wildman–Crippen MR) is 175 cm³/mol. The molecule has 1 aliphatic carbocycles. The molecule has 1 saturated carbocycles. The van der Waals surface area contributed by atoms with Crippen molar-refractivity contribution >= 4 is 44.3 Å². The van der Waals surface area contributed by atoms with Gasteiger partial charge in [-0.25, -0.2) is 17.5 Å². The highest BCUT2D eigenvalue weighted by molar-refractivity contribution is 7.88. The number of benzene rings is 2. The Bertz CT molecular complexity index is 1500. The van der Waals surface area contributed by atoms with Gasteiger partial charge in [0.25, 0.3) is 0 Å². The Balaban J connectivity index is 1.30. The van der Waals surface area contributed by atoms with Crippen molar-refractivity contribution in [1.82, 2.24) is 24.0 Å². The van der Waals surface area contributed by atoms with Crippen LogP contribution < -0.4 is 5.32 Å². The Hall–Kier alpha value is -2.92. The fourth-order valence-electron chi connectivity index (χ4n) is 6.76. The van der Waals surface area contributed by atoms with Gasteiger partial charge in [-0.15, -0.1) is 0 Å². The van der Waals surface area contributed by atoms with E-state index in [-0.39, 0.29) is 18.0 Å². The number of halogens is 1. The average molecular weight is 642 g/mol. The van der Waals surface area contributed by atoms with Gasteiger partial charge in [0.1, 0.15) is 6.04 Å². The molecule has 2 aromatic carbocycles. The molecule has 44 heavy (non-hydrogen) atoms. The molecular formula is C33H44ClN5O4S. The van der Waals surface area contributed by atoms with Gasteiger partial charge < -0.3 is 10.2 Å². The van der Waals surface area contributed by atoms with E-state index in [1.165, 1.54) is 30.1 Å². The quantitative estimate of drug-likeness (QED) is 0.342. The molecule has 238 valence electrons. The molecule has 2 aliphatic rings. The molecule has 2 heterocycles. The van der Waals surface area contributed by atoms with Gasteiger partial charge in [-0.3, -0.25) is 14.3 Å². The number of rotatable bonds is 10. The predicted octanol–water partition coefficient (Wildman–Crippen LogP) is 4.84. The van der Waals surface area contributed by atoms with Gasteiger partial charge in [0, 0.05) is 69.1 Å². The smallest absolute Gasteiger partial charge is 0.326 e. The summed E-state index contributed by atoms with van der Waals surface area (Å²) in [6, 6.07) is 14.1. The van der Waals surface area contributed by atoms with E-state index in [9.17, 15) is 18.0 Å². The molecule has 11 heteroatoms. The highest BCUT2D eigenvalue weighted by Gasteiger charge is 2.36. The fourth-order valence-corrected chi connectivity index (χ4v) is 7.78. The number of nitrogens with one attached hydrogen (secondary N) is 1. The van der Waals surface area contributed by atoms with Crippen LogP contribution in [0.2, 0.25) is 5.02 Å². The largest absolute Gasteiger partial charge is 0.338 e. The zero-order valence-electron chi connectivity index (χ0n) is 25.7. The lowest BCUT2D eigenvalue weighted by atomic mass is 9.83. The maximum Gasteiger partial charge on any atom is 0.326 e. The first-order valence-electron chi connectivity index (χ1n) is 15.7. The Morgan fingerprint density at radius 3 is 2.14 bits per heavy atom. The summed E-state index contributed by atoms with van der Waals surface area (Å²) in [5, 5.41) is 5.51. The molecule has 2 fully saturated rings. The molecule has 2 amide bonds. The first-order valence-corrected chi connectivity index (χ1v) is 17.9. The number of hydrogen-bond donors (Lipinski definition) is 1. The number of likely N-dealkylation sites (N-methyl/N-ethyl adjacent to an activating group) is 1. The number of nitrogens with zero attached hydrogens (tertiary/aromatic N) is 4. The molecule has 2 atom stereocenters. The van der Waals surface area contributed by atoms with Gasteiger partial charge in [0.05, 0.1) is 6.26 Å². The summed E-state index contributed by atoms with van der Waals surface area (Å²) in [4.78, 5) is 31.6. The van der Waals surface area contributed by atoms with Crippen LogP contribution in [0.15, 0.2) is 60.9 Å². The normalized spacial score (nSPS) is 18.4. The highest BCUT2D eigenvalue weighted by Crippen LogP contribution is 2.31. The van der Waals surface area contributed by atoms with Crippen molar-refractivity contribution in [1.29, 1.82) is 0 Å². The Morgan fingerprint density at radius 1 is 0.955 bits per heavy atom. The van der Waals surface area contributed by atoms with Crippen LogP contribution in [-0.4, -0.2) is 96.6 Å². The van der Waals surface area contributed by atoms with Crippen LogP contribution >= 0.6 is 11.6 Å². The van der Waals surface area contributed by atoms with E-state index in [0.29, 0.717) is 56.6 Å². The molecule has 3 aromatic rings. The second kappa shape index (κ2) is 14.5. The van der Waals surface area contributed by atoms with Crippen molar-refractivity contribution in [3.8, 4) is 0 Å². The van der Waals surface area contributed by atoms with Crippen LogP contribution in [0.25, 0.3) is 10.8 Å². The van der Waals surface area contributed by atoms with E-state index in [1.807, 2.05) is 48.2 Å². The first kappa shape index (κ1) is 32.5. The second-order valence-electron chi connectivity index (χ2n) is 12.2. The average Bonchev–Trinajstić information content (AvgIpc) is 3.47. The van der Waals surface area contributed by atoms with Crippen LogP contribution in [0.1, 0.15) is 44.6 Å². The van der Waals surface area contributed by atoms with E-state index in [4.69, 9.17) is 11.6 Å². The minimum absolute atomic E-state index is 0.120. The summed E-state index contributed by atoms with van der Waals surface area (Å²) >= 11 is 6.11. The lowest BCUT2D eigenvalue weighted by Gasteiger charge is -2.45. The minimum atomic E-state index is -3.31. The fraction of sp³-hybridized carbons (Fsp3) is 0.515. The molecule has 1 aromatic heterocycles. The minimum Gasteiger partial charge on any atom is -0.338 e. The summed E-state index contributed by atoms with van der Waals surface area (Å²) in [5.41, 5.74) is 0.905. The van der Waals surface area contributed by atoms with Gasteiger partial charge in [0.15, 0.2) is 0 Å². The van der Waals surface area contributed by atoms with Gasteiger partial charge in [0.2, 0.25) is 15.9 Å². The number of fused-ring (bicyclic) bond motifs is 1. The van der Waals surface area contributed by atoms with E-state index >= 15 is 0 Å². The molecule has 9 nitrogen and oxygen atoms in total.